The molecule has 0 unspecified atom stereocenters. The normalized spacial score (nSPS) is 10.9. The number of aryl methyl sites for hydroxylation is 1. The van der Waals surface area contributed by atoms with Crippen molar-refractivity contribution in [2.75, 3.05) is 5.32 Å². The third-order valence-electron chi connectivity index (χ3n) is 3.23. The second kappa shape index (κ2) is 5.25. The van der Waals surface area contributed by atoms with Gasteiger partial charge in [0.05, 0.1) is 11.0 Å². The Morgan fingerprint density at radius 2 is 2.05 bits per heavy atom. The molecule has 0 bridgehead atoms. The number of nitrogens with zero attached hydrogens (tertiary/aromatic N) is 2. The number of imidazole rings is 1. The van der Waals surface area contributed by atoms with Gasteiger partial charge in [-0.05, 0) is 30.3 Å². The summed E-state index contributed by atoms with van der Waals surface area (Å²) in [6, 6.07) is 12.8. The smallest absolute Gasteiger partial charge is 0.203 e. The topological polar surface area (TPSA) is 29.9 Å². The number of rotatable bonds is 3. The van der Waals surface area contributed by atoms with Crippen LogP contribution in [0.2, 0.25) is 0 Å². The Kier molecular flexibility index (Phi) is 3.44. The molecule has 0 fully saturated rings. The van der Waals surface area contributed by atoms with Crippen molar-refractivity contribution in [3.8, 4) is 0 Å². The van der Waals surface area contributed by atoms with E-state index in [0.717, 1.165) is 21.5 Å². The van der Waals surface area contributed by atoms with Crippen LogP contribution in [0.4, 0.5) is 10.3 Å². The van der Waals surface area contributed by atoms with Gasteiger partial charge in [0.1, 0.15) is 5.82 Å². The monoisotopic (exact) mass is 333 g/mol. The van der Waals surface area contributed by atoms with E-state index in [9.17, 15) is 4.39 Å². The van der Waals surface area contributed by atoms with E-state index in [1.807, 2.05) is 35.9 Å². The Morgan fingerprint density at radius 3 is 2.85 bits per heavy atom. The molecule has 0 saturated heterocycles. The van der Waals surface area contributed by atoms with Crippen LogP contribution >= 0.6 is 15.9 Å². The maximum Gasteiger partial charge on any atom is 0.203 e. The Balaban J connectivity index is 1.87. The minimum atomic E-state index is -0.223. The largest absolute Gasteiger partial charge is 0.351 e. The van der Waals surface area contributed by atoms with Crippen LogP contribution in [0.1, 0.15) is 5.56 Å². The molecule has 3 nitrogen and oxygen atoms in total. The van der Waals surface area contributed by atoms with E-state index in [0.29, 0.717) is 12.1 Å². The third-order valence-corrected chi connectivity index (χ3v) is 3.73. The van der Waals surface area contributed by atoms with Crippen LogP contribution in [0, 0.1) is 5.82 Å². The van der Waals surface area contributed by atoms with Gasteiger partial charge in [0.25, 0.3) is 0 Å². The summed E-state index contributed by atoms with van der Waals surface area (Å²) in [5.41, 5.74) is 2.57. The average molecular weight is 334 g/mol. The van der Waals surface area contributed by atoms with Crippen LogP contribution in [0.5, 0.6) is 0 Å². The molecule has 0 saturated carbocycles. The average Bonchev–Trinajstić information content (AvgIpc) is 2.77. The first-order valence-corrected chi connectivity index (χ1v) is 7.04. The summed E-state index contributed by atoms with van der Waals surface area (Å²) < 4.78 is 16.5. The molecule has 2 aromatic carbocycles. The highest BCUT2D eigenvalue weighted by Crippen LogP contribution is 2.20. The quantitative estimate of drug-likeness (QED) is 0.782. The van der Waals surface area contributed by atoms with E-state index >= 15 is 0 Å². The van der Waals surface area contributed by atoms with Gasteiger partial charge in [-0.3, -0.25) is 0 Å². The fraction of sp³-hybridized carbons (Fsp3) is 0.133. The van der Waals surface area contributed by atoms with E-state index < -0.39 is 0 Å². The summed E-state index contributed by atoms with van der Waals surface area (Å²) in [7, 11) is 1.94. The highest BCUT2D eigenvalue weighted by Gasteiger charge is 2.08. The van der Waals surface area contributed by atoms with Crippen LogP contribution in [-0.2, 0) is 13.6 Å². The second-order valence-corrected chi connectivity index (χ2v) is 5.49. The Morgan fingerprint density at radius 1 is 1.25 bits per heavy atom. The van der Waals surface area contributed by atoms with Gasteiger partial charge in [0.15, 0.2) is 0 Å². The molecule has 0 amide bonds. The molecule has 3 rings (SSSR count). The van der Waals surface area contributed by atoms with Crippen molar-refractivity contribution >= 4 is 32.9 Å². The molecule has 0 aliphatic carbocycles. The summed E-state index contributed by atoms with van der Waals surface area (Å²) in [6.45, 7) is 0.391. The van der Waals surface area contributed by atoms with Crippen LogP contribution in [0.25, 0.3) is 11.0 Å². The molecule has 1 heterocycles. The van der Waals surface area contributed by atoms with E-state index in [2.05, 4.69) is 26.2 Å². The molecular formula is C15H13BrFN3. The van der Waals surface area contributed by atoms with Crippen molar-refractivity contribution < 1.29 is 4.39 Å². The minimum Gasteiger partial charge on any atom is -0.351 e. The molecule has 3 aromatic rings. The molecule has 0 atom stereocenters. The van der Waals surface area contributed by atoms with Crippen LogP contribution in [-0.4, -0.2) is 9.55 Å². The molecule has 0 spiro atoms. The molecular weight excluding hydrogens is 321 g/mol. The number of anilines is 1. The minimum absolute atomic E-state index is 0.223. The number of aromatic nitrogens is 2. The fourth-order valence-corrected chi connectivity index (χ4v) is 2.57. The predicted molar refractivity (Wildman–Crippen MR) is 82.1 cm³/mol. The fourth-order valence-electron chi connectivity index (χ4n) is 2.16. The van der Waals surface area contributed by atoms with Crippen molar-refractivity contribution in [2.45, 2.75) is 6.54 Å². The molecule has 102 valence electrons. The van der Waals surface area contributed by atoms with Gasteiger partial charge in [-0.15, -0.1) is 0 Å². The maximum absolute atomic E-state index is 13.7. The third kappa shape index (κ3) is 2.41. The number of halogens is 2. The van der Waals surface area contributed by atoms with Gasteiger partial charge in [0, 0.05) is 23.6 Å². The van der Waals surface area contributed by atoms with Gasteiger partial charge in [0.2, 0.25) is 5.95 Å². The first kappa shape index (κ1) is 13.1. The van der Waals surface area contributed by atoms with Crippen LogP contribution in [0.3, 0.4) is 0 Å². The summed E-state index contributed by atoms with van der Waals surface area (Å²) in [6.07, 6.45) is 0. The highest BCUT2D eigenvalue weighted by atomic mass is 79.9. The molecule has 0 radical (unpaired) electrons. The van der Waals surface area contributed by atoms with Gasteiger partial charge < -0.3 is 9.88 Å². The SMILES string of the molecule is Cn1c(NCc2cc(Br)ccc2F)nc2ccccc21. The van der Waals surface area contributed by atoms with Crippen LogP contribution in [0.15, 0.2) is 46.9 Å². The Labute approximate surface area is 124 Å². The lowest BCUT2D eigenvalue weighted by molar-refractivity contribution is 0.612. The van der Waals surface area contributed by atoms with Gasteiger partial charge in [-0.2, -0.15) is 0 Å². The van der Waals surface area contributed by atoms with E-state index in [1.165, 1.54) is 6.07 Å². The number of para-hydroxylation sites is 2. The first-order valence-electron chi connectivity index (χ1n) is 6.24. The number of hydrogen-bond donors (Lipinski definition) is 1. The second-order valence-electron chi connectivity index (χ2n) is 4.57. The first-order chi connectivity index (χ1) is 9.65. The summed E-state index contributed by atoms with van der Waals surface area (Å²) in [5.74, 6) is 0.505. The van der Waals surface area contributed by atoms with Gasteiger partial charge in [-0.1, -0.05) is 28.1 Å². The zero-order chi connectivity index (χ0) is 14.1. The van der Waals surface area contributed by atoms with Crippen LogP contribution < -0.4 is 5.32 Å². The lowest BCUT2D eigenvalue weighted by atomic mass is 10.2. The van der Waals surface area contributed by atoms with Crippen molar-refractivity contribution in [3.05, 3.63) is 58.3 Å². The van der Waals surface area contributed by atoms with Crippen molar-refractivity contribution in [2.24, 2.45) is 7.05 Å². The lowest BCUT2D eigenvalue weighted by Crippen LogP contribution is -2.06. The van der Waals surface area contributed by atoms with E-state index in [-0.39, 0.29) is 5.82 Å². The highest BCUT2D eigenvalue weighted by molar-refractivity contribution is 9.10. The van der Waals surface area contributed by atoms with E-state index in [4.69, 9.17) is 0 Å². The standard InChI is InChI=1S/C15H13BrFN3/c1-20-14-5-3-2-4-13(14)19-15(20)18-9-10-8-11(16)6-7-12(10)17/h2-8H,9H2,1H3,(H,18,19). The number of benzene rings is 2. The van der Waals surface area contributed by atoms with E-state index in [1.54, 1.807) is 12.1 Å². The van der Waals surface area contributed by atoms with Crippen molar-refractivity contribution in [1.29, 1.82) is 0 Å². The number of fused-ring (bicyclic) bond motifs is 1. The molecule has 1 N–H and O–H groups in total. The molecule has 5 heteroatoms. The molecule has 0 aliphatic rings. The lowest BCUT2D eigenvalue weighted by Gasteiger charge is -2.07. The summed E-state index contributed by atoms with van der Waals surface area (Å²) in [4.78, 5) is 4.50. The summed E-state index contributed by atoms with van der Waals surface area (Å²) in [5, 5.41) is 3.18. The van der Waals surface area contributed by atoms with Gasteiger partial charge >= 0.3 is 0 Å². The van der Waals surface area contributed by atoms with Crippen molar-refractivity contribution in [3.63, 3.8) is 0 Å². The molecule has 20 heavy (non-hydrogen) atoms. The Bertz CT molecular complexity index is 767. The predicted octanol–water partition coefficient (Wildman–Crippen LogP) is 4.09. The van der Waals surface area contributed by atoms with Crippen molar-refractivity contribution in [1.82, 2.24) is 9.55 Å². The zero-order valence-corrected chi connectivity index (χ0v) is 12.5. The van der Waals surface area contributed by atoms with Gasteiger partial charge in [-0.25, -0.2) is 9.37 Å². The summed E-state index contributed by atoms with van der Waals surface area (Å²) >= 11 is 3.35. The molecule has 0 aliphatic heterocycles. The number of hydrogen-bond acceptors (Lipinski definition) is 2. The zero-order valence-electron chi connectivity index (χ0n) is 10.9. The Hall–Kier alpha value is -1.88. The number of nitrogens with one attached hydrogen (secondary N) is 1. The molecule has 1 aromatic heterocycles. The maximum atomic E-state index is 13.7.